The standard InChI is InChI=1S/C16H25NO/c1-10-11(2)14(17-12(10)3)15(18)13-8-6-7-9-16(13,4)5/h13,17H,6-9H2,1-5H3. The molecule has 2 rings (SSSR count). The highest BCUT2D eigenvalue weighted by molar-refractivity contribution is 5.98. The Morgan fingerprint density at radius 2 is 1.83 bits per heavy atom. The normalized spacial score (nSPS) is 23.1. The van der Waals surface area contributed by atoms with E-state index in [1.54, 1.807) is 0 Å². The Bertz CT molecular complexity index is 468. The van der Waals surface area contributed by atoms with Gasteiger partial charge in [-0.3, -0.25) is 4.79 Å². The number of rotatable bonds is 2. The lowest BCUT2D eigenvalue weighted by atomic mass is 9.66. The van der Waals surface area contributed by atoms with Crippen LogP contribution in [-0.2, 0) is 0 Å². The van der Waals surface area contributed by atoms with Crippen molar-refractivity contribution < 1.29 is 4.79 Å². The number of aryl methyl sites for hydroxylation is 1. The van der Waals surface area contributed by atoms with E-state index in [0.29, 0.717) is 5.78 Å². The third-order valence-corrected chi connectivity index (χ3v) is 4.88. The van der Waals surface area contributed by atoms with Gasteiger partial charge in [-0.2, -0.15) is 0 Å². The van der Waals surface area contributed by atoms with E-state index in [2.05, 4.69) is 32.7 Å². The SMILES string of the molecule is Cc1[nH]c(C(=O)C2CCCCC2(C)C)c(C)c1C. The van der Waals surface area contributed by atoms with Gasteiger partial charge in [0, 0.05) is 11.6 Å². The van der Waals surface area contributed by atoms with E-state index in [4.69, 9.17) is 0 Å². The molecule has 1 fully saturated rings. The first-order chi connectivity index (χ1) is 8.34. The number of H-pyrrole nitrogens is 1. The molecule has 1 heterocycles. The van der Waals surface area contributed by atoms with E-state index >= 15 is 0 Å². The molecule has 0 spiro atoms. The summed E-state index contributed by atoms with van der Waals surface area (Å²) >= 11 is 0. The molecule has 100 valence electrons. The van der Waals surface area contributed by atoms with E-state index in [0.717, 1.165) is 23.4 Å². The molecule has 0 aliphatic heterocycles. The zero-order chi connectivity index (χ0) is 13.5. The quantitative estimate of drug-likeness (QED) is 0.775. The number of aromatic amines is 1. The van der Waals surface area contributed by atoms with Gasteiger partial charge < -0.3 is 4.98 Å². The van der Waals surface area contributed by atoms with Crippen LogP contribution in [0.15, 0.2) is 0 Å². The molecule has 1 N–H and O–H groups in total. The van der Waals surface area contributed by atoms with Gasteiger partial charge in [-0.15, -0.1) is 0 Å². The van der Waals surface area contributed by atoms with Crippen LogP contribution in [0.2, 0.25) is 0 Å². The Morgan fingerprint density at radius 1 is 1.17 bits per heavy atom. The maximum atomic E-state index is 12.8. The van der Waals surface area contributed by atoms with E-state index in [1.165, 1.54) is 24.8 Å². The van der Waals surface area contributed by atoms with Gasteiger partial charge in [-0.1, -0.05) is 26.7 Å². The zero-order valence-corrected chi connectivity index (χ0v) is 12.3. The van der Waals surface area contributed by atoms with Crippen LogP contribution in [-0.4, -0.2) is 10.8 Å². The maximum Gasteiger partial charge on any atom is 0.182 e. The number of carbonyl (C=O) groups is 1. The predicted molar refractivity (Wildman–Crippen MR) is 75.1 cm³/mol. The summed E-state index contributed by atoms with van der Waals surface area (Å²) in [6.45, 7) is 10.7. The lowest BCUT2D eigenvalue weighted by Gasteiger charge is -2.37. The number of carbonyl (C=O) groups excluding carboxylic acids is 1. The average Bonchev–Trinajstić information content (AvgIpc) is 2.56. The fourth-order valence-electron chi connectivity index (χ4n) is 3.24. The highest BCUT2D eigenvalue weighted by Crippen LogP contribution is 2.42. The van der Waals surface area contributed by atoms with Crippen molar-refractivity contribution in [2.45, 2.75) is 60.3 Å². The summed E-state index contributed by atoms with van der Waals surface area (Å²) in [5.74, 6) is 0.510. The molecular formula is C16H25NO. The summed E-state index contributed by atoms with van der Waals surface area (Å²) in [5, 5.41) is 0. The monoisotopic (exact) mass is 247 g/mol. The predicted octanol–water partition coefficient (Wildman–Crippen LogP) is 4.34. The van der Waals surface area contributed by atoms with Gasteiger partial charge in [0.25, 0.3) is 0 Å². The summed E-state index contributed by atoms with van der Waals surface area (Å²) in [6, 6.07) is 0. The minimum absolute atomic E-state index is 0.148. The molecule has 1 unspecified atom stereocenters. The molecule has 1 atom stereocenters. The van der Waals surface area contributed by atoms with E-state index < -0.39 is 0 Å². The fourth-order valence-corrected chi connectivity index (χ4v) is 3.24. The first-order valence-electron chi connectivity index (χ1n) is 7.04. The van der Waals surface area contributed by atoms with Gasteiger partial charge in [0.2, 0.25) is 0 Å². The van der Waals surface area contributed by atoms with Crippen LogP contribution in [0.4, 0.5) is 0 Å². The lowest BCUT2D eigenvalue weighted by Crippen LogP contribution is -2.34. The van der Waals surface area contributed by atoms with Gasteiger partial charge in [0.1, 0.15) is 0 Å². The molecule has 1 aliphatic carbocycles. The molecule has 2 heteroatoms. The largest absolute Gasteiger partial charge is 0.356 e. The van der Waals surface area contributed by atoms with Gasteiger partial charge in [0.05, 0.1) is 5.69 Å². The van der Waals surface area contributed by atoms with Crippen LogP contribution in [0, 0.1) is 32.1 Å². The Labute approximate surface area is 110 Å². The number of hydrogen-bond donors (Lipinski definition) is 1. The average molecular weight is 247 g/mol. The minimum Gasteiger partial charge on any atom is -0.356 e. The molecule has 1 aromatic heterocycles. The Kier molecular flexibility index (Phi) is 3.39. The van der Waals surface area contributed by atoms with Crippen molar-refractivity contribution in [3.8, 4) is 0 Å². The van der Waals surface area contributed by atoms with Crippen LogP contribution in [0.3, 0.4) is 0 Å². The van der Waals surface area contributed by atoms with Crippen LogP contribution in [0.1, 0.15) is 66.8 Å². The molecule has 1 saturated carbocycles. The highest BCUT2D eigenvalue weighted by Gasteiger charge is 2.38. The van der Waals surface area contributed by atoms with E-state index in [1.807, 2.05) is 6.92 Å². The van der Waals surface area contributed by atoms with Crippen molar-refractivity contribution in [3.63, 3.8) is 0 Å². The van der Waals surface area contributed by atoms with Crippen molar-refractivity contribution in [2.24, 2.45) is 11.3 Å². The Morgan fingerprint density at radius 3 is 2.33 bits per heavy atom. The summed E-state index contributed by atoms with van der Waals surface area (Å²) in [6.07, 6.45) is 4.67. The maximum absolute atomic E-state index is 12.8. The smallest absolute Gasteiger partial charge is 0.182 e. The second-order valence-electron chi connectivity index (χ2n) is 6.53. The highest BCUT2D eigenvalue weighted by atomic mass is 16.1. The molecule has 18 heavy (non-hydrogen) atoms. The number of ketones is 1. The van der Waals surface area contributed by atoms with Crippen molar-refractivity contribution >= 4 is 5.78 Å². The second kappa shape index (κ2) is 4.56. The Balaban J connectivity index is 2.33. The van der Waals surface area contributed by atoms with Crippen molar-refractivity contribution in [1.29, 1.82) is 0 Å². The number of aromatic nitrogens is 1. The third-order valence-electron chi connectivity index (χ3n) is 4.88. The zero-order valence-electron chi connectivity index (χ0n) is 12.3. The fraction of sp³-hybridized carbons (Fsp3) is 0.688. The van der Waals surface area contributed by atoms with Crippen LogP contribution < -0.4 is 0 Å². The molecular weight excluding hydrogens is 222 g/mol. The van der Waals surface area contributed by atoms with Gasteiger partial charge in [-0.25, -0.2) is 0 Å². The summed E-state index contributed by atoms with van der Waals surface area (Å²) in [7, 11) is 0. The van der Waals surface area contributed by atoms with Gasteiger partial charge in [0.15, 0.2) is 5.78 Å². The van der Waals surface area contributed by atoms with Gasteiger partial charge in [-0.05, 0) is 50.2 Å². The Hall–Kier alpha value is -1.05. The van der Waals surface area contributed by atoms with Crippen LogP contribution in [0.5, 0.6) is 0 Å². The van der Waals surface area contributed by atoms with Crippen LogP contribution in [0.25, 0.3) is 0 Å². The summed E-state index contributed by atoms with van der Waals surface area (Å²) in [5.41, 5.74) is 4.49. The third kappa shape index (κ3) is 2.13. The van der Waals surface area contributed by atoms with Gasteiger partial charge >= 0.3 is 0 Å². The molecule has 0 saturated heterocycles. The lowest BCUT2D eigenvalue weighted by molar-refractivity contribution is 0.0692. The topological polar surface area (TPSA) is 32.9 Å². The number of hydrogen-bond acceptors (Lipinski definition) is 1. The molecule has 0 amide bonds. The van der Waals surface area contributed by atoms with E-state index in [-0.39, 0.29) is 11.3 Å². The molecule has 0 aromatic carbocycles. The van der Waals surface area contributed by atoms with Crippen molar-refractivity contribution in [2.75, 3.05) is 0 Å². The summed E-state index contributed by atoms with van der Waals surface area (Å²) < 4.78 is 0. The molecule has 1 aliphatic rings. The number of nitrogens with one attached hydrogen (secondary N) is 1. The second-order valence-corrected chi connectivity index (χ2v) is 6.53. The van der Waals surface area contributed by atoms with Crippen molar-refractivity contribution in [3.05, 3.63) is 22.5 Å². The van der Waals surface area contributed by atoms with Crippen LogP contribution >= 0.6 is 0 Å². The molecule has 1 aromatic rings. The first-order valence-corrected chi connectivity index (χ1v) is 7.04. The minimum atomic E-state index is 0.148. The van der Waals surface area contributed by atoms with E-state index in [9.17, 15) is 4.79 Å². The van der Waals surface area contributed by atoms with Crippen molar-refractivity contribution in [1.82, 2.24) is 4.98 Å². The molecule has 2 nitrogen and oxygen atoms in total. The molecule has 0 radical (unpaired) electrons. The molecule has 0 bridgehead atoms. The first kappa shape index (κ1) is 13.4. The number of Topliss-reactive ketones (excluding diaryl/α,β-unsaturated/α-hetero) is 1. The summed E-state index contributed by atoms with van der Waals surface area (Å²) in [4.78, 5) is 16.1.